The fourth-order valence-corrected chi connectivity index (χ4v) is 2.31. The monoisotopic (exact) mass is 315 g/mol. The molecule has 0 spiro atoms. The summed E-state index contributed by atoms with van der Waals surface area (Å²) in [6.07, 6.45) is 0.707. The molecule has 0 aliphatic heterocycles. The molecule has 0 fully saturated rings. The van der Waals surface area contributed by atoms with E-state index in [4.69, 9.17) is 5.11 Å². The lowest BCUT2D eigenvalue weighted by atomic mass is 9.85. The summed E-state index contributed by atoms with van der Waals surface area (Å²) in [5, 5.41) is 22.4. The topological polar surface area (TPSA) is 52.5 Å². The van der Waals surface area contributed by atoms with Crippen molar-refractivity contribution in [3.8, 4) is 5.75 Å². The molecular weight excluding hydrogens is 294 g/mol. The van der Waals surface area contributed by atoms with Gasteiger partial charge in [0.2, 0.25) is 0 Å². The average molecular weight is 316 g/mol. The van der Waals surface area contributed by atoms with E-state index in [9.17, 15) is 5.11 Å². The summed E-state index contributed by atoms with van der Waals surface area (Å²) in [5.74, 6) is 0.279. The fraction of sp³-hybridized carbons (Fsp3) is 0.571. The van der Waals surface area contributed by atoms with E-state index >= 15 is 0 Å². The zero-order valence-electron chi connectivity index (χ0n) is 11.2. The molecule has 18 heavy (non-hydrogen) atoms. The van der Waals surface area contributed by atoms with Gasteiger partial charge < -0.3 is 15.5 Å². The van der Waals surface area contributed by atoms with Crippen LogP contribution in [0.1, 0.15) is 32.8 Å². The minimum absolute atomic E-state index is 0.0738. The van der Waals surface area contributed by atoms with E-state index in [0.29, 0.717) is 17.4 Å². The van der Waals surface area contributed by atoms with Crippen molar-refractivity contribution in [3.05, 3.63) is 28.2 Å². The molecule has 0 aliphatic carbocycles. The van der Waals surface area contributed by atoms with Gasteiger partial charge in [-0.05, 0) is 33.8 Å². The lowest BCUT2D eigenvalue weighted by Gasteiger charge is -2.31. The van der Waals surface area contributed by atoms with Gasteiger partial charge in [-0.1, -0.05) is 32.9 Å². The Morgan fingerprint density at radius 3 is 2.56 bits per heavy atom. The molecule has 3 nitrogen and oxygen atoms in total. The van der Waals surface area contributed by atoms with Crippen molar-refractivity contribution in [1.29, 1.82) is 0 Å². The summed E-state index contributed by atoms with van der Waals surface area (Å²) in [7, 11) is 0. The van der Waals surface area contributed by atoms with Gasteiger partial charge in [-0.15, -0.1) is 0 Å². The molecule has 3 N–H and O–H groups in total. The van der Waals surface area contributed by atoms with Crippen LogP contribution in [0.2, 0.25) is 0 Å². The molecular formula is C14H22BrNO2. The van der Waals surface area contributed by atoms with E-state index in [1.165, 1.54) is 0 Å². The number of hydrogen-bond donors (Lipinski definition) is 3. The van der Waals surface area contributed by atoms with Crippen LogP contribution in [-0.4, -0.2) is 22.9 Å². The number of aromatic hydroxyl groups is 1. The van der Waals surface area contributed by atoms with Gasteiger partial charge in [0.1, 0.15) is 5.75 Å². The van der Waals surface area contributed by atoms with Gasteiger partial charge in [0, 0.05) is 24.8 Å². The minimum atomic E-state index is 0.0738. The van der Waals surface area contributed by atoms with Gasteiger partial charge in [-0.25, -0.2) is 0 Å². The van der Waals surface area contributed by atoms with Crippen LogP contribution in [0.3, 0.4) is 0 Å². The molecule has 0 bridgehead atoms. The lowest BCUT2D eigenvalue weighted by Crippen LogP contribution is -2.40. The standard InChI is InChI=1S/C14H22BrNO2/c1-14(2,3)12(7-8-17)16-9-10-5-4-6-11(15)13(10)18/h4-6,12,16-18H,7-9H2,1-3H3. The third-order valence-corrected chi connectivity index (χ3v) is 3.71. The molecule has 1 aromatic rings. The number of hydrogen-bond acceptors (Lipinski definition) is 3. The Labute approximate surface area is 117 Å². The quantitative estimate of drug-likeness (QED) is 0.782. The first-order chi connectivity index (χ1) is 8.36. The predicted molar refractivity (Wildman–Crippen MR) is 77.6 cm³/mol. The largest absolute Gasteiger partial charge is 0.506 e. The number of phenolic OH excluding ortho intramolecular Hbond substituents is 1. The van der Waals surface area contributed by atoms with Crippen LogP contribution in [0.5, 0.6) is 5.75 Å². The van der Waals surface area contributed by atoms with E-state index in [2.05, 4.69) is 42.0 Å². The third-order valence-electron chi connectivity index (χ3n) is 3.07. The number of aliphatic hydroxyl groups excluding tert-OH is 1. The highest BCUT2D eigenvalue weighted by Crippen LogP contribution is 2.28. The number of benzene rings is 1. The summed E-state index contributed by atoms with van der Waals surface area (Å²) in [6.45, 7) is 7.18. The molecule has 1 rings (SSSR count). The zero-order chi connectivity index (χ0) is 13.8. The van der Waals surface area contributed by atoms with Crippen molar-refractivity contribution in [1.82, 2.24) is 5.32 Å². The predicted octanol–water partition coefficient (Wildman–Crippen LogP) is 3.04. The molecule has 0 saturated heterocycles. The zero-order valence-corrected chi connectivity index (χ0v) is 12.8. The van der Waals surface area contributed by atoms with Crippen LogP contribution >= 0.6 is 15.9 Å². The number of para-hydroxylation sites is 1. The van der Waals surface area contributed by atoms with Gasteiger partial charge in [0.15, 0.2) is 0 Å². The van der Waals surface area contributed by atoms with Crippen LogP contribution in [-0.2, 0) is 6.54 Å². The SMILES string of the molecule is CC(C)(C)C(CCO)NCc1cccc(Br)c1O. The summed E-state index contributed by atoms with van der Waals surface area (Å²) < 4.78 is 0.705. The maximum absolute atomic E-state index is 9.91. The highest BCUT2D eigenvalue weighted by Gasteiger charge is 2.23. The maximum atomic E-state index is 9.91. The van der Waals surface area contributed by atoms with Gasteiger partial charge in [0.25, 0.3) is 0 Å². The van der Waals surface area contributed by atoms with Crippen LogP contribution in [0, 0.1) is 5.41 Å². The normalized spacial score (nSPS) is 13.6. The molecule has 0 radical (unpaired) electrons. The Hall–Kier alpha value is -0.580. The van der Waals surface area contributed by atoms with E-state index < -0.39 is 0 Å². The Kier molecular flexibility index (Phi) is 5.63. The highest BCUT2D eigenvalue weighted by atomic mass is 79.9. The van der Waals surface area contributed by atoms with Crippen LogP contribution in [0.25, 0.3) is 0 Å². The Bertz CT molecular complexity index is 388. The molecule has 4 heteroatoms. The fourth-order valence-electron chi connectivity index (χ4n) is 1.91. The van der Waals surface area contributed by atoms with Gasteiger partial charge in [-0.3, -0.25) is 0 Å². The van der Waals surface area contributed by atoms with Crippen LogP contribution in [0.4, 0.5) is 0 Å². The summed E-state index contributed by atoms with van der Waals surface area (Å²) >= 11 is 3.31. The van der Waals surface area contributed by atoms with Crippen molar-refractivity contribution in [2.75, 3.05) is 6.61 Å². The van der Waals surface area contributed by atoms with Crippen molar-refractivity contribution in [3.63, 3.8) is 0 Å². The molecule has 0 amide bonds. The molecule has 1 unspecified atom stereocenters. The first-order valence-corrected chi connectivity index (χ1v) is 6.96. The molecule has 102 valence electrons. The first kappa shape index (κ1) is 15.5. The van der Waals surface area contributed by atoms with Crippen molar-refractivity contribution < 1.29 is 10.2 Å². The van der Waals surface area contributed by atoms with Crippen LogP contribution < -0.4 is 5.32 Å². The Morgan fingerprint density at radius 2 is 2.00 bits per heavy atom. The van der Waals surface area contributed by atoms with Crippen molar-refractivity contribution in [2.45, 2.75) is 39.8 Å². The second kappa shape index (κ2) is 6.55. The second-order valence-electron chi connectivity index (χ2n) is 5.56. The number of rotatable bonds is 5. The Balaban J connectivity index is 2.70. The average Bonchev–Trinajstić information content (AvgIpc) is 2.28. The highest BCUT2D eigenvalue weighted by molar-refractivity contribution is 9.10. The molecule has 0 aromatic heterocycles. The molecule has 0 aliphatic rings. The number of phenols is 1. The van der Waals surface area contributed by atoms with Gasteiger partial charge >= 0.3 is 0 Å². The number of nitrogens with one attached hydrogen (secondary N) is 1. The smallest absolute Gasteiger partial charge is 0.134 e. The van der Waals surface area contributed by atoms with Crippen molar-refractivity contribution in [2.24, 2.45) is 5.41 Å². The van der Waals surface area contributed by atoms with E-state index in [-0.39, 0.29) is 23.8 Å². The number of halogens is 1. The van der Waals surface area contributed by atoms with E-state index in [1.807, 2.05) is 18.2 Å². The number of aliphatic hydroxyl groups is 1. The van der Waals surface area contributed by atoms with E-state index in [1.54, 1.807) is 0 Å². The van der Waals surface area contributed by atoms with Gasteiger partial charge in [-0.2, -0.15) is 0 Å². The van der Waals surface area contributed by atoms with Crippen molar-refractivity contribution >= 4 is 15.9 Å². The molecule has 0 heterocycles. The second-order valence-corrected chi connectivity index (χ2v) is 6.41. The molecule has 0 saturated carbocycles. The van der Waals surface area contributed by atoms with Crippen LogP contribution in [0.15, 0.2) is 22.7 Å². The summed E-state index contributed by atoms with van der Waals surface area (Å²) in [5.41, 5.74) is 0.932. The summed E-state index contributed by atoms with van der Waals surface area (Å²) in [4.78, 5) is 0. The minimum Gasteiger partial charge on any atom is -0.506 e. The maximum Gasteiger partial charge on any atom is 0.134 e. The lowest BCUT2D eigenvalue weighted by molar-refractivity contribution is 0.196. The summed E-state index contributed by atoms with van der Waals surface area (Å²) in [6, 6.07) is 5.82. The third kappa shape index (κ3) is 4.26. The van der Waals surface area contributed by atoms with Gasteiger partial charge in [0.05, 0.1) is 4.47 Å². The Morgan fingerprint density at radius 1 is 1.33 bits per heavy atom. The van der Waals surface area contributed by atoms with E-state index in [0.717, 1.165) is 5.56 Å². The first-order valence-electron chi connectivity index (χ1n) is 6.17. The molecule has 1 atom stereocenters. The molecule has 1 aromatic carbocycles.